The van der Waals surface area contributed by atoms with Crippen LogP contribution in [0.25, 0.3) is 0 Å². The zero-order chi connectivity index (χ0) is 15.6. The standard InChI is InChI=1S/C17H23N3O2/c18-13-14-7-9-15(10-8-14)20-17(21)19-11-4-12-22-16-5-2-1-3-6-16/h7-10,16H,1-6,11-12H2,(H2,19,20,21). The van der Waals surface area contributed by atoms with Crippen LogP contribution in [0.15, 0.2) is 24.3 Å². The van der Waals surface area contributed by atoms with Crippen LogP contribution in [0.3, 0.4) is 0 Å². The zero-order valence-corrected chi connectivity index (χ0v) is 12.8. The summed E-state index contributed by atoms with van der Waals surface area (Å²) in [5, 5.41) is 14.2. The van der Waals surface area contributed by atoms with Gasteiger partial charge in [0.2, 0.25) is 0 Å². The van der Waals surface area contributed by atoms with Crippen LogP contribution in [0.1, 0.15) is 44.1 Å². The maximum Gasteiger partial charge on any atom is 0.319 e. The number of rotatable bonds is 6. The van der Waals surface area contributed by atoms with Gasteiger partial charge < -0.3 is 15.4 Å². The average Bonchev–Trinajstić information content (AvgIpc) is 2.56. The molecule has 0 spiro atoms. The van der Waals surface area contributed by atoms with Crippen LogP contribution in [0.4, 0.5) is 10.5 Å². The van der Waals surface area contributed by atoms with Gasteiger partial charge in [0.15, 0.2) is 0 Å². The van der Waals surface area contributed by atoms with Crippen molar-refractivity contribution in [1.82, 2.24) is 5.32 Å². The highest BCUT2D eigenvalue weighted by Crippen LogP contribution is 2.20. The van der Waals surface area contributed by atoms with Crippen LogP contribution in [0.5, 0.6) is 0 Å². The van der Waals surface area contributed by atoms with E-state index in [0.717, 1.165) is 6.42 Å². The summed E-state index contributed by atoms with van der Waals surface area (Å²) in [5.41, 5.74) is 1.25. The molecule has 5 nitrogen and oxygen atoms in total. The lowest BCUT2D eigenvalue weighted by atomic mass is 9.98. The maximum absolute atomic E-state index is 11.7. The van der Waals surface area contributed by atoms with Crippen molar-refractivity contribution < 1.29 is 9.53 Å². The Morgan fingerprint density at radius 1 is 1.23 bits per heavy atom. The third-order valence-electron chi connectivity index (χ3n) is 3.78. The fourth-order valence-corrected chi connectivity index (χ4v) is 2.56. The normalized spacial score (nSPS) is 15.0. The number of benzene rings is 1. The second kappa shape index (κ2) is 9.06. The van der Waals surface area contributed by atoms with Crippen LogP contribution in [0, 0.1) is 11.3 Å². The molecule has 2 N–H and O–H groups in total. The van der Waals surface area contributed by atoms with E-state index in [-0.39, 0.29) is 6.03 Å². The SMILES string of the molecule is N#Cc1ccc(NC(=O)NCCCOC2CCCCC2)cc1. The molecule has 118 valence electrons. The fraction of sp³-hybridized carbons (Fsp3) is 0.529. The van der Waals surface area contributed by atoms with E-state index in [4.69, 9.17) is 10.00 Å². The highest BCUT2D eigenvalue weighted by molar-refractivity contribution is 5.89. The second-order valence-electron chi connectivity index (χ2n) is 5.55. The number of nitriles is 1. The molecule has 1 aliphatic carbocycles. The number of nitrogens with zero attached hydrogens (tertiary/aromatic N) is 1. The van der Waals surface area contributed by atoms with E-state index in [1.807, 2.05) is 6.07 Å². The first-order chi connectivity index (χ1) is 10.8. The summed E-state index contributed by atoms with van der Waals surface area (Å²) in [4.78, 5) is 11.7. The first-order valence-corrected chi connectivity index (χ1v) is 7.94. The van der Waals surface area contributed by atoms with E-state index in [1.165, 1.54) is 32.1 Å². The van der Waals surface area contributed by atoms with Crippen LogP contribution in [0.2, 0.25) is 0 Å². The fourth-order valence-electron chi connectivity index (χ4n) is 2.56. The molecule has 5 heteroatoms. The van der Waals surface area contributed by atoms with Gasteiger partial charge in [-0.25, -0.2) is 4.79 Å². The number of ether oxygens (including phenoxy) is 1. The van der Waals surface area contributed by atoms with Gasteiger partial charge in [-0.15, -0.1) is 0 Å². The Morgan fingerprint density at radius 3 is 2.64 bits per heavy atom. The Morgan fingerprint density at radius 2 is 1.95 bits per heavy atom. The molecule has 0 radical (unpaired) electrons. The van der Waals surface area contributed by atoms with Crippen molar-refractivity contribution in [3.8, 4) is 6.07 Å². The van der Waals surface area contributed by atoms with Gasteiger partial charge in [0, 0.05) is 18.8 Å². The van der Waals surface area contributed by atoms with Crippen molar-refractivity contribution in [3.63, 3.8) is 0 Å². The van der Waals surface area contributed by atoms with Crippen molar-refractivity contribution in [2.24, 2.45) is 0 Å². The van der Waals surface area contributed by atoms with Gasteiger partial charge in [0.05, 0.1) is 17.7 Å². The molecule has 0 bridgehead atoms. The molecule has 0 unspecified atom stereocenters. The number of hydrogen-bond donors (Lipinski definition) is 2. The lowest BCUT2D eigenvalue weighted by Gasteiger charge is -2.21. The molecule has 1 aromatic rings. The monoisotopic (exact) mass is 301 g/mol. The van der Waals surface area contributed by atoms with E-state index in [2.05, 4.69) is 10.6 Å². The summed E-state index contributed by atoms with van der Waals surface area (Å²) in [6.07, 6.45) is 7.46. The molecule has 0 aliphatic heterocycles. The first-order valence-electron chi connectivity index (χ1n) is 7.94. The Labute approximate surface area is 131 Å². The molecule has 0 aromatic heterocycles. The third-order valence-corrected chi connectivity index (χ3v) is 3.78. The van der Waals surface area contributed by atoms with Crippen molar-refractivity contribution >= 4 is 11.7 Å². The summed E-state index contributed by atoms with van der Waals surface area (Å²) in [6, 6.07) is 8.58. The van der Waals surface area contributed by atoms with Crippen LogP contribution in [-0.2, 0) is 4.74 Å². The summed E-state index contributed by atoms with van der Waals surface area (Å²) < 4.78 is 5.81. The van der Waals surface area contributed by atoms with Gasteiger partial charge in [-0.05, 0) is 43.5 Å². The quantitative estimate of drug-likeness (QED) is 0.791. The van der Waals surface area contributed by atoms with Crippen molar-refractivity contribution in [2.45, 2.75) is 44.6 Å². The number of urea groups is 1. The van der Waals surface area contributed by atoms with Gasteiger partial charge >= 0.3 is 6.03 Å². The Balaban J connectivity index is 1.56. The number of anilines is 1. The smallest absolute Gasteiger partial charge is 0.319 e. The highest BCUT2D eigenvalue weighted by atomic mass is 16.5. The van der Waals surface area contributed by atoms with Crippen LogP contribution in [-0.4, -0.2) is 25.3 Å². The number of nitrogens with one attached hydrogen (secondary N) is 2. The summed E-state index contributed by atoms with van der Waals surface area (Å²) in [5.74, 6) is 0. The molecule has 0 heterocycles. The molecule has 0 atom stereocenters. The van der Waals surface area contributed by atoms with Gasteiger partial charge in [-0.1, -0.05) is 19.3 Å². The van der Waals surface area contributed by atoms with Crippen molar-refractivity contribution in [3.05, 3.63) is 29.8 Å². The molecule has 2 rings (SSSR count). The molecule has 1 saturated carbocycles. The van der Waals surface area contributed by atoms with Crippen molar-refractivity contribution in [1.29, 1.82) is 5.26 Å². The van der Waals surface area contributed by atoms with Gasteiger partial charge in [-0.2, -0.15) is 5.26 Å². The summed E-state index contributed by atoms with van der Waals surface area (Å²) in [7, 11) is 0. The third kappa shape index (κ3) is 5.74. The predicted molar refractivity (Wildman–Crippen MR) is 85.6 cm³/mol. The molecule has 22 heavy (non-hydrogen) atoms. The molecule has 0 saturated heterocycles. The van der Waals surface area contributed by atoms with E-state index in [0.29, 0.717) is 30.5 Å². The molecule has 1 fully saturated rings. The second-order valence-corrected chi connectivity index (χ2v) is 5.55. The van der Waals surface area contributed by atoms with Crippen LogP contribution < -0.4 is 10.6 Å². The molecular formula is C17H23N3O2. The Hall–Kier alpha value is -2.06. The average molecular weight is 301 g/mol. The molecule has 1 aromatic carbocycles. The molecule has 2 amide bonds. The van der Waals surface area contributed by atoms with Crippen LogP contribution >= 0.6 is 0 Å². The van der Waals surface area contributed by atoms with Crippen molar-refractivity contribution in [2.75, 3.05) is 18.5 Å². The predicted octanol–water partition coefficient (Wildman–Crippen LogP) is 3.42. The Bertz CT molecular complexity index is 502. The van der Waals surface area contributed by atoms with E-state index >= 15 is 0 Å². The summed E-state index contributed by atoms with van der Waals surface area (Å²) >= 11 is 0. The minimum atomic E-state index is -0.234. The number of amides is 2. The largest absolute Gasteiger partial charge is 0.378 e. The lowest BCUT2D eigenvalue weighted by Crippen LogP contribution is -2.30. The maximum atomic E-state index is 11.7. The first kappa shape index (κ1) is 16.3. The summed E-state index contributed by atoms with van der Waals surface area (Å²) in [6.45, 7) is 1.29. The minimum absolute atomic E-state index is 0.234. The molecule has 1 aliphatic rings. The molecular weight excluding hydrogens is 278 g/mol. The minimum Gasteiger partial charge on any atom is -0.378 e. The number of hydrogen-bond acceptors (Lipinski definition) is 3. The zero-order valence-electron chi connectivity index (χ0n) is 12.8. The van der Waals surface area contributed by atoms with Gasteiger partial charge in [0.25, 0.3) is 0 Å². The Kier molecular flexibility index (Phi) is 6.72. The topological polar surface area (TPSA) is 74.2 Å². The van der Waals surface area contributed by atoms with E-state index in [1.54, 1.807) is 24.3 Å². The lowest BCUT2D eigenvalue weighted by molar-refractivity contribution is 0.0276. The van der Waals surface area contributed by atoms with E-state index in [9.17, 15) is 4.79 Å². The van der Waals surface area contributed by atoms with Gasteiger partial charge in [-0.3, -0.25) is 0 Å². The number of carbonyl (C=O) groups is 1. The van der Waals surface area contributed by atoms with Gasteiger partial charge in [0.1, 0.15) is 0 Å². The van der Waals surface area contributed by atoms with E-state index < -0.39 is 0 Å². The number of carbonyl (C=O) groups excluding carboxylic acids is 1. The highest BCUT2D eigenvalue weighted by Gasteiger charge is 2.13.